The lowest BCUT2D eigenvalue weighted by Gasteiger charge is -2.05. The monoisotopic (exact) mass is 252 g/mol. The molecule has 2 N–H and O–H groups in total. The van der Waals surface area contributed by atoms with Crippen molar-refractivity contribution in [3.05, 3.63) is 29.0 Å². The summed E-state index contributed by atoms with van der Waals surface area (Å²) in [5, 5.41) is 4.73. The molecule has 0 fully saturated rings. The molecule has 5 nitrogen and oxygen atoms in total. The van der Waals surface area contributed by atoms with Crippen molar-refractivity contribution in [1.29, 1.82) is 0 Å². The number of nitrogens with zero attached hydrogens (tertiary/aromatic N) is 3. The first kappa shape index (κ1) is 11.9. The zero-order valence-corrected chi connectivity index (χ0v) is 10.4. The summed E-state index contributed by atoms with van der Waals surface area (Å²) in [4.78, 5) is 4.32. The molecule has 0 spiro atoms. The largest absolute Gasteiger partial charge is 0.495 e. The number of halogens is 1. The van der Waals surface area contributed by atoms with Crippen LogP contribution in [0.3, 0.4) is 0 Å². The Morgan fingerprint density at radius 3 is 2.76 bits per heavy atom. The molecule has 0 aliphatic carbocycles. The molecule has 1 aromatic carbocycles. The molecular formula is C11H13ClN4O. The second-order valence-electron chi connectivity index (χ2n) is 3.53. The molecule has 6 heteroatoms. The molecule has 0 saturated carbocycles. The van der Waals surface area contributed by atoms with Crippen molar-refractivity contribution in [2.24, 2.45) is 12.8 Å². The third kappa shape index (κ3) is 2.25. The number of nitrogens with two attached hydrogens (primary N) is 1. The number of methoxy groups -OCH3 is 1. The molecule has 0 amide bonds. The molecule has 0 saturated heterocycles. The minimum absolute atomic E-state index is 0.317. The van der Waals surface area contributed by atoms with E-state index in [9.17, 15) is 0 Å². The van der Waals surface area contributed by atoms with Gasteiger partial charge in [0.05, 0.1) is 18.7 Å². The molecule has 0 bridgehead atoms. The van der Waals surface area contributed by atoms with E-state index in [-0.39, 0.29) is 0 Å². The van der Waals surface area contributed by atoms with Gasteiger partial charge in [0.25, 0.3) is 0 Å². The molecule has 0 aliphatic heterocycles. The van der Waals surface area contributed by atoms with E-state index in [4.69, 9.17) is 22.1 Å². The molecule has 17 heavy (non-hydrogen) atoms. The van der Waals surface area contributed by atoms with E-state index in [0.717, 1.165) is 11.4 Å². The minimum Gasteiger partial charge on any atom is -0.495 e. The molecule has 1 aromatic heterocycles. The van der Waals surface area contributed by atoms with Crippen LogP contribution in [0, 0.1) is 0 Å². The lowest BCUT2D eigenvalue weighted by Crippen LogP contribution is -1.99. The average Bonchev–Trinajstić information content (AvgIpc) is 2.70. The van der Waals surface area contributed by atoms with E-state index in [2.05, 4.69) is 10.1 Å². The van der Waals surface area contributed by atoms with Gasteiger partial charge in [-0.1, -0.05) is 11.6 Å². The summed E-state index contributed by atoms with van der Waals surface area (Å²) in [5.41, 5.74) is 6.38. The van der Waals surface area contributed by atoms with Crippen LogP contribution in [0.25, 0.3) is 11.4 Å². The van der Waals surface area contributed by atoms with Gasteiger partial charge in [-0.05, 0) is 18.2 Å². The summed E-state index contributed by atoms with van der Waals surface area (Å²) in [7, 11) is 3.40. The Balaban J connectivity index is 2.45. The smallest absolute Gasteiger partial charge is 0.164 e. The van der Waals surface area contributed by atoms with Gasteiger partial charge in [0.1, 0.15) is 5.75 Å². The highest BCUT2D eigenvalue weighted by Gasteiger charge is 2.10. The zero-order chi connectivity index (χ0) is 12.4. The van der Waals surface area contributed by atoms with Crippen LogP contribution in [0.1, 0.15) is 5.82 Å². The summed E-state index contributed by atoms with van der Waals surface area (Å²) in [6.45, 7) is 0.317. The number of rotatable bonds is 3. The molecule has 90 valence electrons. The van der Waals surface area contributed by atoms with Crippen molar-refractivity contribution in [3.8, 4) is 17.1 Å². The Morgan fingerprint density at radius 1 is 1.47 bits per heavy atom. The Morgan fingerprint density at radius 2 is 2.24 bits per heavy atom. The number of ether oxygens (including phenoxy) is 1. The highest BCUT2D eigenvalue weighted by molar-refractivity contribution is 6.32. The van der Waals surface area contributed by atoms with Crippen LogP contribution in [0.4, 0.5) is 0 Å². The first-order valence-electron chi connectivity index (χ1n) is 5.09. The third-order valence-corrected chi connectivity index (χ3v) is 2.69. The van der Waals surface area contributed by atoms with Crippen LogP contribution in [0.15, 0.2) is 18.2 Å². The number of aryl methyl sites for hydroxylation is 1. The van der Waals surface area contributed by atoms with E-state index in [1.165, 1.54) is 0 Å². The molecule has 0 atom stereocenters. The number of hydrogen-bond acceptors (Lipinski definition) is 4. The topological polar surface area (TPSA) is 66.0 Å². The lowest BCUT2D eigenvalue weighted by atomic mass is 10.2. The van der Waals surface area contributed by atoms with E-state index in [1.807, 2.05) is 13.1 Å². The Kier molecular flexibility index (Phi) is 3.31. The fraction of sp³-hybridized carbons (Fsp3) is 0.273. The third-order valence-electron chi connectivity index (χ3n) is 2.40. The van der Waals surface area contributed by atoms with Gasteiger partial charge in [0.15, 0.2) is 11.6 Å². The van der Waals surface area contributed by atoms with Gasteiger partial charge in [-0.15, -0.1) is 0 Å². The van der Waals surface area contributed by atoms with Gasteiger partial charge in [0.2, 0.25) is 0 Å². The number of aromatic nitrogens is 3. The van der Waals surface area contributed by atoms with Crippen molar-refractivity contribution in [2.45, 2.75) is 6.54 Å². The maximum absolute atomic E-state index is 6.07. The SMILES string of the molecule is COc1ccc(-c2nc(CN)nn2C)cc1Cl. The maximum Gasteiger partial charge on any atom is 0.164 e. The minimum atomic E-state index is 0.317. The van der Waals surface area contributed by atoms with Crippen LogP contribution in [0.5, 0.6) is 5.75 Å². The van der Waals surface area contributed by atoms with Gasteiger partial charge >= 0.3 is 0 Å². The van der Waals surface area contributed by atoms with Crippen molar-refractivity contribution in [2.75, 3.05) is 7.11 Å². The fourth-order valence-electron chi connectivity index (χ4n) is 1.58. The number of hydrogen-bond donors (Lipinski definition) is 1. The molecule has 2 rings (SSSR count). The summed E-state index contributed by atoms with van der Waals surface area (Å²) in [5.74, 6) is 1.97. The second-order valence-corrected chi connectivity index (χ2v) is 3.94. The highest BCUT2D eigenvalue weighted by Crippen LogP contribution is 2.29. The van der Waals surface area contributed by atoms with Crippen molar-refractivity contribution in [1.82, 2.24) is 14.8 Å². The Hall–Kier alpha value is -1.59. The predicted octanol–water partition coefficient (Wildman–Crippen LogP) is 1.60. The van der Waals surface area contributed by atoms with Crippen LogP contribution in [-0.4, -0.2) is 21.9 Å². The molecular weight excluding hydrogens is 240 g/mol. The van der Waals surface area contributed by atoms with Crippen molar-refractivity contribution in [3.63, 3.8) is 0 Å². The second kappa shape index (κ2) is 4.73. The first-order valence-corrected chi connectivity index (χ1v) is 5.47. The Labute approximate surface area is 104 Å². The highest BCUT2D eigenvalue weighted by atomic mass is 35.5. The van der Waals surface area contributed by atoms with E-state index in [0.29, 0.717) is 23.1 Å². The maximum atomic E-state index is 6.07. The molecule has 0 unspecified atom stereocenters. The first-order chi connectivity index (χ1) is 8.15. The lowest BCUT2D eigenvalue weighted by molar-refractivity contribution is 0.415. The summed E-state index contributed by atoms with van der Waals surface area (Å²) in [6, 6.07) is 5.48. The predicted molar refractivity (Wildman–Crippen MR) is 65.9 cm³/mol. The van der Waals surface area contributed by atoms with Gasteiger partial charge in [-0.3, -0.25) is 0 Å². The number of benzene rings is 1. The van der Waals surface area contributed by atoms with Crippen molar-refractivity contribution < 1.29 is 4.74 Å². The van der Waals surface area contributed by atoms with Gasteiger partial charge in [-0.2, -0.15) is 5.10 Å². The normalized spacial score (nSPS) is 10.6. The summed E-state index contributed by atoms with van der Waals surface area (Å²) in [6.07, 6.45) is 0. The quantitative estimate of drug-likeness (QED) is 0.901. The molecule has 2 aromatic rings. The molecule has 1 heterocycles. The van der Waals surface area contributed by atoms with Crippen LogP contribution in [0.2, 0.25) is 5.02 Å². The molecule has 0 radical (unpaired) electrons. The summed E-state index contributed by atoms with van der Waals surface area (Å²) >= 11 is 6.07. The van der Waals surface area contributed by atoms with E-state index in [1.54, 1.807) is 23.9 Å². The summed E-state index contributed by atoms with van der Waals surface area (Å²) < 4.78 is 6.78. The fourth-order valence-corrected chi connectivity index (χ4v) is 1.84. The van der Waals surface area contributed by atoms with E-state index >= 15 is 0 Å². The molecule has 0 aliphatic rings. The van der Waals surface area contributed by atoms with Crippen LogP contribution >= 0.6 is 11.6 Å². The van der Waals surface area contributed by atoms with Gasteiger partial charge in [-0.25, -0.2) is 9.67 Å². The standard InChI is InChI=1S/C11H13ClN4O/c1-16-11(14-10(6-13)15-16)7-3-4-9(17-2)8(12)5-7/h3-5H,6,13H2,1-2H3. The van der Waals surface area contributed by atoms with Gasteiger partial charge < -0.3 is 10.5 Å². The van der Waals surface area contributed by atoms with E-state index < -0.39 is 0 Å². The average molecular weight is 253 g/mol. The Bertz CT molecular complexity index is 538. The zero-order valence-electron chi connectivity index (χ0n) is 9.64. The van der Waals surface area contributed by atoms with Crippen LogP contribution < -0.4 is 10.5 Å². The van der Waals surface area contributed by atoms with Gasteiger partial charge in [0, 0.05) is 12.6 Å². The van der Waals surface area contributed by atoms with Crippen molar-refractivity contribution >= 4 is 11.6 Å². The van der Waals surface area contributed by atoms with Crippen LogP contribution in [-0.2, 0) is 13.6 Å².